The fourth-order valence-corrected chi connectivity index (χ4v) is 12.2. The van der Waals surface area contributed by atoms with Crippen molar-refractivity contribution in [1.82, 2.24) is 0 Å². The normalized spacial score (nSPS) is 29.6. The van der Waals surface area contributed by atoms with Crippen molar-refractivity contribution in [2.75, 3.05) is 0 Å². The smallest absolute Gasteiger partial charge is 0.127 e. The number of fused-ring (bicyclic) bond motifs is 9. The molecule has 12 rings (SSSR count). The summed E-state index contributed by atoms with van der Waals surface area (Å²) in [7, 11) is 0. The van der Waals surface area contributed by atoms with E-state index in [0.717, 1.165) is 30.1 Å². The van der Waals surface area contributed by atoms with Gasteiger partial charge in [0.15, 0.2) is 0 Å². The fourth-order valence-electron chi connectivity index (χ4n) is 12.2. The molecule has 0 unspecified atom stereocenters. The zero-order chi connectivity index (χ0) is 45.8. The summed E-state index contributed by atoms with van der Waals surface area (Å²) >= 11 is 0. The van der Waals surface area contributed by atoms with E-state index in [4.69, 9.17) is 14.2 Å². The van der Waals surface area contributed by atoms with E-state index < -0.39 is 12.3 Å². The van der Waals surface area contributed by atoms with Crippen LogP contribution >= 0.6 is 0 Å². The average Bonchev–Trinajstić information content (AvgIpc) is 4.03. The zero-order valence-corrected chi connectivity index (χ0v) is 39.2. The van der Waals surface area contributed by atoms with Crippen LogP contribution in [0.1, 0.15) is 141 Å². The highest BCUT2D eigenvalue weighted by Gasteiger charge is 2.48. The molecule has 0 aromatic heterocycles. The van der Waals surface area contributed by atoms with Gasteiger partial charge >= 0.3 is 0 Å². The molecule has 1 N–H and O–H groups in total. The third kappa shape index (κ3) is 8.90. The predicted molar refractivity (Wildman–Crippen MR) is 259 cm³/mol. The van der Waals surface area contributed by atoms with Gasteiger partial charge in [-0.25, -0.2) is 8.78 Å². The van der Waals surface area contributed by atoms with Crippen LogP contribution in [-0.2, 0) is 0 Å². The number of benzene rings is 6. The minimum absolute atomic E-state index is 0.0263. The minimum atomic E-state index is -0.710. The lowest BCUT2D eigenvalue weighted by atomic mass is 9.79. The van der Waals surface area contributed by atoms with Crippen molar-refractivity contribution in [1.29, 1.82) is 0 Å². The number of hydrogen-bond acceptors (Lipinski definition) is 4. The molecule has 12 atom stereocenters. The van der Waals surface area contributed by atoms with Gasteiger partial charge in [-0.05, 0) is 149 Å². The maximum absolute atomic E-state index is 14.1. The van der Waals surface area contributed by atoms with Gasteiger partial charge in [-0.15, -0.1) is 0 Å². The van der Waals surface area contributed by atoms with Crippen molar-refractivity contribution in [3.8, 4) is 17.2 Å². The van der Waals surface area contributed by atoms with Crippen LogP contribution in [0.5, 0.6) is 17.2 Å². The van der Waals surface area contributed by atoms with Gasteiger partial charge in [0, 0.05) is 17.8 Å². The van der Waals surface area contributed by atoms with Crippen LogP contribution in [-0.4, -0.2) is 23.6 Å². The Morgan fingerprint density at radius 3 is 0.985 bits per heavy atom. The quantitative estimate of drug-likeness (QED) is 0.192. The molecular formula is C60H64F2O4. The summed E-state index contributed by atoms with van der Waals surface area (Å²) in [5.41, 5.74) is 14.7. The molecule has 6 aliphatic rings. The molecule has 6 heteroatoms. The highest BCUT2D eigenvalue weighted by molar-refractivity contribution is 5.47. The maximum atomic E-state index is 14.1. The molecule has 66 heavy (non-hydrogen) atoms. The Kier molecular flexibility index (Phi) is 12.3. The molecule has 3 fully saturated rings. The van der Waals surface area contributed by atoms with Crippen LogP contribution < -0.4 is 14.2 Å². The van der Waals surface area contributed by atoms with E-state index in [2.05, 4.69) is 157 Å². The monoisotopic (exact) mass is 886 g/mol. The summed E-state index contributed by atoms with van der Waals surface area (Å²) in [6.07, 6.45) is 2.53. The van der Waals surface area contributed by atoms with E-state index in [-0.39, 0.29) is 48.1 Å². The second-order valence-electron chi connectivity index (χ2n) is 20.5. The summed E-state index contributed by atoms with van der Waals surface area (Å²) in [6.45, 7) is 12.6. The van der Waals surface area contributed by atoms with Gasteiger partial charge in [0.05, 0.1) is 6.10 Å². The standard InChI is InChI=1S/2C20H21FO.C20H22O2/c3*1-12-3-6-14(7-4-12)20-18-11-15(21)10-16(18)17-9-13(2)5-8-19(17)22-20/h2*3-9,15-16,18,20H,10-11H2,1-2H3;3-9,15-16,18,20-21H,10-11H2,1-2H3/t15-,16+,18+,20+;15-,16-,18-,20-;15-,16+,18+,20+/m010/s1. The second-order valence-corrected chi connectivity index (χ2v) is 20.5. The molecule has 0 radical (unpaired) electrons. The first-order valence-electron chi connectivity index (χ1n) is 24.3. The molecule has 3 aliphatic carbocycles. The Labute approximate surface area is 390 Å². The maximum Gasteiger partial charge on any atom is 0.127 e. The highest BCUT2D eigenvalue weighted by Crippen LogP contribution is 2.57. The van der Waals surface area contributed by atoms with Crippen LogP contribution in [0.4, 0.5) is 8.78 Å². The Bertz CT molecular complexity index is 2370. The van der Waals surface area contributed by atoms with E-state index in [1.807, 2.05) is 12.1 Å². The second kappa shape index (κ2) is 18.3. The van der Waals surface area contributed by atoms with Crippen LogP contribution in [0, 0.1) is 59.3 Å². The Balaban J connectivity index is 0.000000116. The third-order valence-electron chi connectivity index (χ3n) is 15.5. The number of halogens is 2. The fraction of sp³-hybridized carbons (Fsp3) is 0.400. The van der Waals surface area contributed by atoms with Crippen LogP contribution in [0.15, 0.2) is 127 Å². The number of aliphatic hydroxyl groups excluding tert-OH is 1. The SMILES string of the molecule is Cc1ccc([C@H]2Oc3ccc(C)cc3[C@H]3C[C@@H](F)C[C@H]32)cc1.Cc1ccc([C@H]2Oc3ccc(C)cc3[C@H]3C[C@H](F)C[C@H]32)cc1.Cc1ccc([C@H]2Oc3ccc(C)cc3[C@H]3C[C@H](O)C[C@H]32)cc1. The molecule has 0 amide bonds. The van der Waals surface area contributed by atoms with Crippen LogP contribution in [0.25, 0.3) is 0 Å². The average molecular weight is 887 g/mol. The molecule has 3 aliphatic heterocycles. The predicted octanol–water partition coefficient (Wildman–Crippen LogP) is 14.8. The van der Waals surface area contributed by atoms with Crippen molar-refractivity contribution >= 4 is 0 Å². The van der Waals surface area contributed by atoms with Gasteiger partial charge < -0.3 is 19.3 Å². The lowest BCUT2D eigenvalue weighted by Gasteiger charge is -2.36. The van der Waals surface area contributed by atoms with Gasteiger partial charge in [-0.3, -0.25) is 0 Å². The van der Waals surface area contributed by atoms with Crippen molar-refractivity contribution in [3.05, 3.63) is 194 Å². The molecule has 0 bridgehead atoms. The molecular weight excluding hydrogens is 823 g/mol. The van der Waals surface area contributed by atoms with Crippen molar-refractivity contribution < 1.29 is 28.1 Å². The van der Waals surface area contributed by atoms with Gasteiger partial charge in [-0.1, -0.05) is 143 Å². The van der Waals surface area contributed by atoms with E-state index in [0.29, 0.717) is 37.5 Å². The van der Waals surface area contributed by atoms with Gasteiger partial charge in [-0.2, -0.15) is 0 Å². The molecule has 0 spiro atoms. The molecule has 6 aromatic carbocycles. The number of ether oxygens (including phenoxy) is 3. The van der Waals surface area contributed by atoms with E-state index in [1.54, 1.807) is 0 Å². The molecule has 3 saturated carbocycles. The number of aliphatic hydroxyl groups is 1. The largest absolute Gasteiger partial charge is 0.485 e. The Morgan fingerprint density at radius 2 is 0.652 bits per heavy atom. The van der Waals surface area contributed by atoms with E-state index >= 15 is 0 Å². The molecule has 0 saturated heterocycles. The molecule has 4 nitrogen and oxygen atoms in total. The van der Waals surface area contributed by atoms with Crippen LogP contribution in [0.3, 0.4) is 0 Å². The number of hydrogen-bond donors (Lipinski definition) is 1. The first-order valence-corrected chi connectivity index (χ1v) is 24.3. The van der Waals surface area contributed by atoms with E-state index in [9.17, 15) is 13.9 Å². The topological polar surface area (TPSA) is 47.9 Å². The number of rotatable bonds is 3. The van der Waals surface area contributed by atoms with E-state index in [1.165, 1.54) is 66.8 Å². The minimum Gasteiger partial charge on any atom is -0.485 e. The highest BCUT2D eigenvalue weighted by atomic mass is 19.1. The lowest BCUT2D eigenvalue weighted by molar-refractivity contribution is 0.0962. The van der Waals surface area contributed by atoms with Crippen LogP contribution in [0.2, 0.25) is 0 Å². The summed E-state index contributed by atoms with van der Waals surface area (Å²) in [4.78, 5) is 0. The number of alkyl halides is 2. The van der Waals surface area contributed by atoms with Crippen molar-refractivity contribution in [3.63, 3.8) is 0 Å². The van der Waals surface area contributed by atoms with Gasteiger partial charge in [0.25, 0.3) is 0 Å². The Hall–Kier alpha value is -5.46. The molecule has 3 heterocycles. The summed E-state index contributed by atoms with van der Waals surface area (Å²) in [5.74, 6) is 4.69. The van der Waals surface area contributed by atoms with Crippen molar-refractivity contribution in [2.45, 2.75) is 135 Å². The summed E-state index contributed by atoms with van der Waals surface area (Å²) in [6, 6.07) is 44.6. The summed E-state index contributed by atoms with van der Waals surface area (Å²) in [5, 5.41) is 10.2. The van der Waals surface area contributed by atoms with Gasteiger partial charge in [0.1, 0.15) is 47.9 Å². The van der Waals surface area contributed by atoms with Gasteiger partial charge in [0.2, 0.25) is 0 Å². The Morgan fingerprint density at radius 1 is 0.364 bits per heavy atom. The zero-order valence-electron chi connectivity index (χ0n) is 39.2. The third-order valence-corrected chi connectivity index (χ3v) is 15.5. The molecule has 342 valence electrons. The van der Waals surface area contributed by atoms with Crippen molar-refractivity contribution in [2.24, 2.45) is 17.8 Å². The lowest BCUT2D eigenvalue weighted by Crippen LogP contribution is -2.26. The first-order chi connectivity index (χ1) is 31.8. The first kappa shape index (κ1) is 44.4. The summed E-state index contributed by atoms with van der Waals surface area (Å²) < 4.78 is 47.2. The molecule has 6 aromatic rings. The number of aryl methyl sites for hydroxylation is 6.